The molecule has 3 aromatic heterocycles. The minimum atomic E-state index is -0.424. The smallest absolute Gasteiger partial charge is 0.267 e. The van der Waals surface area contributed by atoms with Crippen LogP contribution in [0.2, 0.25) is 5.02 Å². The molecule has 0 bridgehead atoms. The van der Waals surface area contributed by atoms with Crippen LogP contribution in [-0.4, -0.2) is 25.2 Å². The summed E-state index contributed by atoms with van der Waals surface area (Å²) in [4.78, 5) is 29.8. The molecule has 146 valence electrons. The Morgan fingerprint density at radius 3 is 2.50 bits per heavy atom. The van der Waals surface area contributed by atoms with E-state index in [9.17, 15) is 9.59 Å². The molecule has 0 saturated heterocycles. The molecule has 5 aromatic rings. The van der Waals surface area contributed by atoms with Crippen molar-refractivity contribution in [3.8, 4) is 11.1 Å². The van der Waals surface area contributed by atoms with Gasteiger partial charge in [-0.3, -0.25) is 15.0 Å². The van der Waals surface area contributed by atoms with Gasteiger partial charge in [-0.2, -0.15) is 5.10 Å². The predicted molar refractivity (Wildman–Crippen MR) is 115 cm³/mol. The van der Waals surface area contributed by atoms with Crippen LogP contribution in [0.5, 0.6) is 0 Å². The molecule has 0 aliphatic carbocycles. The van der Waals surface area contributed by atoms with E-state index in [0.717, 1.165) is 15.8 Å². The highest BCUT2D eigenvalue weighted by Crippen LogP contribution is 2.24. The fourth-order valence-corrected chi connectivity index (χ4v) is 3.43. The monoisotopic (exact) mass is 415 g/mol. The van der Waals surface area contributed by atoms with Gasteiger partial charge in [-0.15, -0.1) is 0 Å². The van der Waals surface area contributed by atoms with Crippen molar-refractivity contribution in [2.45, 2.75) is 0 Å². The number of hydrogen-bond donors (Lipinski definition) is 1. The molecule has 0 unspecified atom stereocenters. The van der Waals surface area contributed by atoms with Crippen LogP contribution < -0.4 is 11.0 Å². The van der Waals surface area contributed by atoms with Gasteiger partial charge in [0.2, 0.25) is 0 Å². The van der Waals surface area contributed by atoms with Crippen molar-refractivity contribution in [2.24, 2.45) is 0 Å². The Balaban J connectivity index is 1.56. The van der Waals surface area contributed by atoms with E-state index in [4.69, 9.17) is 11.6 Å². The van der Waals surface area contributed by atoms with Crippen LogP contribution in [0, 0.1) is 0 Å². The standard InChI is InChI=1S/C22H14ClN5O2/c23-16-8-6-15(7-9-16)21(29)26-27-11-10-19-18(22(27)30)12-24-20-17(13-25-28(19)20)14-4-2-1-3-5-14/h1-13H,(H,26,29). The first-order valence-corrected chi connectivity index (χ1v) is 9.50. The summed E-state index contributed by atoms with van der Waals surface area (Å²) >= 11 is 5.85. The molecule has 8 heteroatoms. The SMILES string of the molecule is O=C(Nn1ccc2c(cnc3c(-c4ccccc4)cnn32)c1=O)c1ccc(Cl)cc1. The summed E-state index contributed by atoms with van der Waals surface area (Å²) in [6.45, 7) is 0. The van der Waals surface area contributed by atoms with Crippen molar-refractivity contribution in [2.75, 3.05) is 5.43 Å². The molecule has 2 aromatic carbocycles. The number of benzene rings is 2. The Bertz CT molecular complexity index is 1460. The maximum atomic E-state index is 12.9. The molecule has 7 nitrogen and oxygen atoms in total. The highest BCUT2D eigenvalue weighted by molar-refractivity contribution is 6.30. The summed E-state index contributed by atoms with van der Waals surface area (Å²) in [5.41, 5.74) is 5.68. The molecule has 0 spiro atoms. The van der Waals surface area contributed by atoms with Crippen LogP contribution in [0.15, 0.2) is 84.0 Å². The number of fused-ring (bicyclic) bond motifs is 3. The van der Waals surface area contributed by atoms with Gasteiger partial charge in [0, 0.05) is 28.5 Å². The third-order valence-corrected chi connectivity index (χ3v) is 5.06. The Morgan fingerprint density at radius 1 is 0.967 bits per heavy atom. The van der Waals surface area contributed by atoms with Crippen molar-refractivity contribution >= 4 is 34.1 Å². The summed E-state index contributed by atoms with van der Waals surface area (Å²) in [5.74, 6) is -0.424. The Labute approximate surface area is 175 Å². The minimum absolute atomic E-state index is 0.337. The second-order valence-corrected chi connectivity index (χ2v) is 7.09. The molecule has 0 atom stereocenters. The van der Waals surface area contributed by atoms with Crippen LogP contribution in [0.25, 0.3) is 27.7 Å². The molecule has 0 aliphatic heterocycles. The van der Waals surface area contributed by atoms with Gasteiger partial charge in [0.25, 0.3) is 11.5 Å². The fraction of sp³-hybridized carbons (Fsp3) is 0. The molecule has 0 fully saturated rings. The van der Waals surface area contributed by atoms with E-state index >= 15 is 0 Å². The Morgan fingerprint density at radius 2 is 1.73 bits per heavy atom. The number of halogens is 1. The van der Waals surface area contributed by atoms with Crippen molar-refractivity contribution in [3.63, 3.8) is 0 Å². The number of carbonyl (C=O) groups is 1. The van der Waals surface area contributed by atoms with Gasteiger partial charge in [-0.1, -0.05) is 41.9 Å². The van der Waals surface area contributed by atoms with Crippen LogP contribution in [0.1, 0.15) is 10.4 Å². The van der Waals surface area contributed by atoms with Gasteiger partial charge in [0.1, 0.15) is 0 Å². The zero-order valence-corrected chi connectivity index (χ0v) is 16.2. The Kier molecular flexibility index (Phi) is 4.30. The number of pyridine rings is 1. The fourth-order valence-electron chi connectivity index (χ4n) is 3.30. The minimum Gasteiger partial charge on any atom is -0.267 e. The highest BCUT2D eigenvalue weighted by atomic mass is 35.5. The second-order valence-electron chi connectivity index (χ2n) is 6.66. The maximum absolute atomic E-state index is 12.9. The average Bonchev–Trinajstić information content (AvgIpc) is 3.21. The number of nitrogens with zero attached hydrogens (tertiary/aromatic N) is 4. The summed E-state index contributed by atoms with van der Waals surface area (Å²) in [6.07, 6.45) is 4.73. The summed E-state index contributed by atoms with van der Waals surface area (Å²) < 4.78 is 2.76. The molecule has 0 radical (unpaired) electrons. The molecule has 30 heavy (non-hydrogen) atoms. The first-order valence-electron chi connectivity index (χ1n) is 9.12. The second kappa shape index (κ2) is 7.13. The summed E-state index contributed by atoms with van der Waals surface area (Å²) in [6, 6.07) is 17.9. The normalized spacial score (nSPS) is 11.1. The first-order chi connectivity index (χ1) is 14.6. The zero-order chi connectivity index (χ0) is 20.7. The molecular formula is C22H14ClN5O2. The van der Waals surface area contributed by atoms with E-state index in [2.05, 4.69) is 15.5 Å². The molecular weight excluding hydrogens is 402 g/mol. The van der Waals surface area contributed by atoms with E-state index in [1.807, 2.05) is 30.3 Å². The van der Waals surface area contributed by atoms with Crippen LogP contribution >= 0.6 is 11.6 Å². The molecule has 1 N–H and O–H groups in total. The maximum Gasteiger partial charge on any atom is 0.280 e. The lowest BCUT2D eigenvalue weighted by molar-refractivity contribution is 0.101. The van der Waals surface area contributed by atoms with Gasteiger partial charge in [-0.05, 0) is 35.9 Å². The lowest BCUT2D eigenvalue weighted by Crippen LogP contribution is -2.32. The summed E-state index contributed by atoms with van der Waals surface area (Å²) in [7, 11) is 0. The number of amides is 1. The molecule has 1 amide bonds. The van der Waals surface area contributed by atoms with Gasteiger partial charge in [0.15, 0.2) is 5.65 Å². The number of nitrogens with one attached hydrogen (secondary N) is 1. The highest BCUT2D eigenvalue weighted by Gasteiger charge is 2.14. The van der Waals surface area contributed by atoms with Crippen molar-refractivity contribution in [3.05, 3.63) is 100 Å². The topological polar surface area (TPSA) is 81.3 Å². The van der Waals surface area contributed by atoms with Gasteiger partial charge >= 0.3 is 0 Å². The van der Waals surface area contributed by atoms with E-state index in [1.54, 1.807) is 41.0 Å². The lowest BCUT2D eigenvalue weighted by atomic mass is 10.1. The molecule has 3 heterocycles. The van der Waals surface area contributed by atoms with Gasteiger partial charge < -0.3 is 0 Å². The number of rotatable bonds is 3. The lowest BCUT2D eigenvalue weighted by Gasteiger charge is -2.10. The van der Waals surface area contributed by atoms with Crippen LogP contribution in [0.4, 0.5) is 0 Å². The number of aromatic nitrogens is 4. The van der Waals surface area contributed by atoms with Crippen molar-refractivity contribution in [1.29, 1.82) is 0 Å². The Hall–Kier alpha value is -3.97. The van der Waals surface area contributed by atoms with E-state index in [1.165, 1.54) is 12.4 Å². The molecule has 0 saturated carbocycles. The summed E-state index contributed by atoms with van der Waals surface area (Å²) in [5, 5.41) is 5.28. The third-order valence-electron chi connectivity index (χ3n) is 4.81. The van der Waals surface area contributed by atoms with E-state index < -0.39 is 11.5 Å². The third kappa shape index (κ3) is 3.01. The van der Waals surface area contributed by atoms with Crippen molar-refractivity contribution < 1.29 is 4.79 Å². The zero-order valence-electron chi connectivity index (χ0n) is 15.5. The van der Waals surface area contributed by atoms with Crippen molar-refractivity contribution in [1.82, 2.24) is 19.3 Å². The van der Waals surface area contributed by atoms with Gasteiger partial charge in [-0.25, -0.2) is 14.2 Å². The first kappa shape index (κ1) is 18.1. The quantitative estimate of drug-likeness (QED) is 0.486. The van der Waals surface area contributed by atoms with Gasteiger partial charge in [0.05, 0.1) is 17.1 Å². The molecule has 5 rings (SSSR count). The predicted octanol–water partition coefficient (Wildman–Crippen LogP) is 3.75. The van der Waals surface area contributed by atoms with Crippen LogP contribution in [0.3, 0.4) is 0 Å². The van der Waals surface area contributed by atoms with Crippen LogP contribution in [-0.2, 0) is 0 Å². The van der Waals surface area contributed by atoms with E-state index in [-0.39, 0.29) is 0 Å². The van der Waals surface area contributed by atoms with E-state index in [0.29, 0.717) is 27.1 Å². The number of hydrogen-bond acceptors (Lipinski definition) is 4. The average molecular weight is 416 g/mol. The largest absolute Gasteiger partial charge is 0.280 e. The molecule has 0 aliphatic rings. The number of carbonyl (C=O) groups excluding carboxylic acids is 1.